The van der Waals surface area contributed by atoms with E-state index in [9.17, 15) is 17.6 Å². The first kappa shape index (κ1) is 17.7. The van der Waals surface area contributed by atoms with Crippen molar-refractivity contribution < 1.29 is 17.6 Å². The number of halogens is 4. The van der Waals surface area contributed by atoms with Crippen molar-refractivity contribution >= 4 is 17.2 Å². The van der Waals surface area contributed by atoms with Crippen molar-refractivity contribution in [1.82, 2.24) is 5.32 Å². The van der Waals surface area contributed by atoms with Crippen molar-refractivity contribution in [2.24, 2.45) is 5.73 Å². The summed E-state index contributed by atoms with van der Waals surface area (Å²) in [7, 11) is 0. The second-order valence-electron chi connectivity index (χ2n) is 5.41. The van der Waals surface area contributed by atoms with Gasteiger partial charge in [0.05, 0.1) is 5.54 Å². The van der Waals surface area contributed by atoms with E-state index in [1.54, 1.807) is 0 Å². The summed E-state index contributed by atoms with van der Waals surface area (Å²) in [5.74, 6) is -2.36. The van der Waals surface area contributed by atoms with E-state index >= 15 is 0 Å². The Morgan fingerprint density at radius 3 is 2.48 bits per heavy atom. The summed E-state index contributed by atoms with van der Waals surface area (Å²) < 4.78 is 54.4. The lowest BCUT2D eigenvalue weighted by atomic mass is 9.79. The minimum Gasteiger partial charge on any atom is -0.402 e. The Balaban J connectivity index is 3.04. The van der Waals surface area contributed by atoms with Gasteiger partial charge in [0.15, 0.2) is 17.3 Å². The van der Waals surface area contributed by atoms with Gasteiger partial charge in [0.2, 0.25) is 0 Å². The zero-order valence-corrected chi connectivity index (χ0v) is 12.7. The second-order valence-corrected chi connectivity index (χ2v) is 5.82. The number of hydrogen-bond acceptors (Lipinski definition) is 2. The summed E-state index contributed by atoms with van der Waals surface area (Å²) in [6.45, 7) is 5.16. The molecule has 0 radical (unpaired) electrons. The van der Waals surface area contributed by atoms with Crippen molar-refractivity contribution in [2.45, 2.75) is 37.9 Å². The number of piperidine rings is 1. The Bertz CT molecular complexity index is 525. The van der Waals surface area contributed by atoms with Crippen LogP contribution in [-0.2, 0) is 0 Å². The lowest BCUT2D eigenvalue weighted by Crippen LogP contribution is -2.59. The molecule has 3 N–H and O–H groups in total. The van der Waals surface area contributed by atoms with Gasteiger partial charge >= 0.3 is 0 Å². The van der Waals surface area contributed by atoms with Gasteiger partial charge < -0.3 is 11.1 Å². The van der Waals surface area contributed by atoms with Gasteiger partial charge in [-0.05, 0) is 32.8 Å². The molecule has 1 fully saturated rings. The number of rotatable bonds is 4. The van der Waals surface area contributed by atoms with Crippen molar-refractivity contribution in [1.29, 1.82) is 0 Å². The molecule has 1 saturated heterocycles. The lowest BCUT2D eigenvalue weighted by Gasteiger charge is -2.42. The minimum absolute atomic E-state index is 0.0262. The molecular formula is C14H18F4N2S. The Labute approximate surface area is 126 Å². The molecule has 1 rings (SSSR count). The van der Waals surface area contributed by atoms with Crippen LogP contribution in [0.2, 0.25) is 0 Å². The van der Waals surface area contributed by atoms with Crippen LogP contribution >= 0.6 is 12.2 Å². The second kappa shape index (κ2) is 6.17. The maximum absolute atomic E-state index is 14.0. The molecule has 2 atom stereocenters. The minimum atomic E-state index is -2.26. The molecule has 0 aliphatic carbocycles. The number of allylic oxidation sites excluding steroid dienone is 3. The molecule has 0 aromatic carbocycles. The highest BCUT2D eigenvalue weighted by molar-refractivity contribution is 7.80. The summed E-state index contributed by atoms with van der Waals surface area (Å²) in [6, 6.07) is 0. The van der Waals surface area contributed by atoms with Gasteiger partial charge in [-0.2, -0.15) is 0 Å². The predicted octanol–water partition coefficient (Wildman–Crippen LogP) is 3.70. The fourth-order valence-electron chi connectivity index (χ4n) is 1.99. The molecule has 1 aliphatic rings. The first-order valence-corrected chi connectivity index (χ1v) is 6.73. The van der Waals surface area contributed by atoms with E-state index in [2.05, 4.69) is 11.9 Å². The summed E-state index contributed by atoms with van der Waals surface area (Å²) in [5, 5.41) is 2.55. The molecule has 0 unspecified atom stereocenters. The fraction of sp³-hybridized carbons (Fsp3) is 0.500. The molecule has 7 heteroatoms. The third kappa shape index (κ3) is 3.64. The van der Waals surface area contributed by atoms with Gasteiger partial charge in [-0.15, -0.1) is 0 Å². The van der Waals surface area contributed by atoms with Crippen LogP contribution in [0.1, 0.15) is 26.7 Å². The molecule has 0 bridgehead atoms. The van der Waals surface area contributed by atoms with E-state index in [0.29, 0.717) is 0 Å². The van der Waals surface area contributed by atoms with E-state index in [-0.39, 0.29) is 29.1 Å². The average Bonchev–Trinajstić information content (AvgIpc) is 2.41. The van der Waals surface area contributed by atoms with E-state index in [1.807, 2.05) is 0 Å². The third-order valence-electron chi connectivity index (χ3n) is 3.52. The first-order valence-electron chi connectivity index (χ1n) is 6.32. The molecule has 0 spiro atoms. The zero-order chi connectivity index (χ0) is 16.4. The van der Waals surface area contributed by atoms with Gasteiger partial charge in [0, 0.05) is 11.3 Å². The maximum Gasteiger partial charge on any atom is 0.188 e. The van der Waals surface area contributed by atoms with Crippen LogP contribution in [0.4, 0.5) is 17.6 Å². The van der Waals surface area contributed by atoms with Gasteiger partial charge in [-0.3, -0.25) is 0 Å². The number of nitrogens with two attached hydrogens (primary N) is 1. The standard InChI is InChI=1S/C14H18F4N2S/c1-8(19)6-10(16)11(17)9(2)13(3)4-5-14(18,7-15)12(21)20-13/h6H,2,4-5,7,19H2,1,3H3,(H,20,21)/b8-6+,11-10-/t13-,14-/m0/s1. The first-order chi connectivity index (χ1) is 9.55. The number of hydrogen-bond donors (Lipinski definition) is 2. The fourth-order valence-corrected chi connectivity index (χ4v) is 2.37. The van der Waals surface area contributed by atoms with E-state index in [1.165, 1.54) is 13.8 Å². The van der Waals surface area contributed by atoms with E-state index in [0.717, 1.165) is 6.08 Å². The molecule has 21 heavy (non-hydrogen) atoms. The van der Waals surface area contributed by atoms with Gasteiger partial charge in [-0.1, -0.05) is 18.8 Å². The van der Waals surface area contributed by atoms with Crippen molar-refractivity contribution in [3.63, 3.8) is 0 Å². The molecule has 1 heterocycles. The SMILES string of the molecule is C=C(/C(F)=C(F)\C=C(/C)N)[C@]1(C)CC[C@](F)(CF)C(=S)N1. The molecule has 1 aliphatic heterocycles. The Kier molecular flexibility index (Phi) is 5.20. The van der Waals surface area contributed by atoms with Crippen LogP contribution in [-0.4, -0.2) is 22.9 Å². The van der Waals surface area contributed by atoms with E-state index < -0.39 is 29.5 Å². The third-order valence-corrected chi connectivity index (χ3v) is 3.99. The Morgan fingerprint density at radius 1 is 1.48 bits per heavy atom. The average molecular weight is 322 g/mol. The monoisotopic (exact) mass is 322 g/mol. The van der Waals surface area contributed by atoms with Crippen LogP contribution in [0, 0.1) is 0 Å². The van der Waals surface area contributed by atoms with Crippen LogP contribution < -0.4 is 11.1 Å². The van der Waals surface area contributed by atoms with Crippen molar-refractivity contribution in [3.8, 4) is 0 Å². The molecule has 0 aromatic rings. The van der Waals surface area contributed by atoms with Crippen LogP contribution in [0.25, 0.3) is 0 Å². The smallest absolute Gasteiger partial charge is 0.188 e. The van der Waals surface area contributed by atoms with Gasteiger partial charge in [0.1, 0.15) is 11.7 Å². The van der Waals surface area contributed by atoms with Gasteiger partial charge in [-0.25, -0.2) is 17.6 Å². The molecule has 2 nitrogen and oxygen atoms in total. The molecule has 0 amide bonds. The van der Waals surface area contributed by atoms with Crippen molar-refractivity contribution in [3.05, 3.63) is 35.6 Å². The summed E-state index contributed by atoms with van der Waals surface area (Å²) in [6.07, 6.45) is 0.621. The maximum atomic E-state index is 14.0. The highest BCUT2D eigenvalue weighted by atomic mass is 32.1. The highest BCUT2D eigenvalue weighted by Gasteiger charge is 2.46. The topological polar surface area (TPSA) is 38.0 Å². The summed E-state index contributed by atoms with van der Waals surface area (Å²) >= 11 is 4.80. The number of thiocarbonyl (C=S) groups is 1. The van der Waals surface area contributed by atoms with Gasteiger partial charge in [0.25, 0.3) is 0 Å². The molecule has 118 valence electrons. The van der Waals surface area contributed by atoms with Crippen LogP contribution in [0.3, 0.4) is 0 Å². The van der Waals surface area contributed by atoms with Crippen LogP contribution in [0.15, 0.2) is 35.6 Å². The largest absolute Gasteiger partial charge is 0.402 e. The normalized spacial score (nSPS) is 31.5. The number of nitrogens with one attached hydrogen (secondary N) is 1. The van der Waals surface area contributed by atoms with Crippen LogP contribution in [0.5, 0.6) is 0 Å². The lowest BCUT2D eigenvalue weighted by molar-refractivity contribution is 0.148. The highest BCUT2D eigenvalue weighted by Crippen LogP contribution is 2.38. The predicted molar refractivity (Wildman–Crippen MR) is 79.5 cm³/mol. The Morgan fingerprint density at radius 2 is 2.05 bits per heavy atom. The van der Waals surface area contributed by atoms with E-state index in [4.69, 9.17) is 18.0 Å². The molecule has 0 saturated carbocycles. The number of alkyl halides is 2. The molecule has 0 aromatic heterocycles. The van der Waals surface area contributed by atoms with Crippen molar-refractivity contribution in [2.75, 3.05) is 6.67 Å². The summed E-state index contributed by atoms with van der Waals surface area (Å²) in [5.41, 5.74) is 1.71. The zero-order valence-electron chi connectivity index (χ0n) is 11.9. The molecular weight excluding hydrogens is 304 g/mol. The Hall–Kier alpha value is -1.37. The summed E-state index contributed by atoms with van der Waals surface area (Å²) in [4.78, 5) is -0.362. The quantitative estimate of drug-likeness (QED) is 0.471.